The molecule has 0 atom stereocenters. The highest BCUT2D eigenvalue weighted by molar-refractivity contribution is 6.74. The molecule has 0 saturated heterocycles. The topological polar surface area (TPSA) is 49.7 Å². The van der Waals surface area contributed by atoms with Gasteiger partial charge >= 0.3 is 0 Å². The summed E-state index contributed by atoms with van der Waals surface area (Å²) in [5.41, 5.74) is -0.271. The van der Waals surface area contributed by atoms with Crippen LogP contribution in [0.15, 0.2) is 0 Å². The van der Waals surface area contributed by atoms with Gasteiger partial charge in [-0.25, -0.2) is 0 Å². The van der Waals surface area contributed by atoms with E-state index in [1.807, 2.05) is 0 Å². The summed E-state index contributed by atoms with van der Waals surface area (Å²) in [5.74, 6) is 0. The first-order chi connectivity index (χ1) is 7.16. The third kappa shape index (κ3) is 2.67. The molecule has 0 bridgehead atoms. The molecule has 0 aromatic carbocycles. The third-order valence-electron chi connectivity index (χ3n) is 4.26. The monoisotopic (exact) mass is 246 g/mol. The maximum atomic E-state index is 9.21. The zero-order valence-corrected chi connectivity index (χ0v) is 12.2. The predicted molar refractivity (Wildman–Crippen MR) is 67.9 cm³/mol. The van der Waals surface area contributed by atoms with E-state index in [0.29, 0.717) is 0 Å². The van der Waals surface area contributed by atoms with Crippen LogP contribution in [0.1, 0.15) is 33.6 Å². The number of rotatable bonds is 4. The van der Waals surface area contributed by atoms with E-state index in [1.165, 1.54) is 0 Å². The van der Waals surface area contributed by atoms with Crippen LogP contribution in [-0.4, -0.2) is 37.8 Å². The molecule has 0 heterocycles. The van der Waals surface area contributed by atoms with Crippen molar-refractivity contribution in [1.29, 1.82) is 0 Å². The van der Waals surface area contributed by atoms with Crippen LogP contribution < -0.4 is 0 Å². The third-order valence-corrected chi connectivity index (χ3v) is 8.79. The lowest BCUT2D eigenvalue weighted by molar-refractivity contribution is -0.0859. The zero-order chi connectivity index (χ0) is 12.6. The summed E-state index contributed by atoms with van der Waals surface area (Å²) in [4.78, 5) is 0. The lowest BCUT2D eigenvalue weighted by Crippen LogP contribution is -2.53. The van der Waals surface area contributed by atoms with Crippen molar-refractivity contribution >= 4 is 8.32 Å². The predicted octanol–water partition coefficient (Wildman–Crippen LogP) is 2.14. The molecule has 0 aromatic rings. The maximum Gasteiger partial charge on any atom is 0.192 e. The summed E-state index contributed by atoms with van der Waals surface area (Å²) < 4.78 is 6.21. The van der Waals surface area contributed by atoms with Gasteiger partial charge in [0.25, 0.3) is 0 Å². The molecule has 0 aliphatic heterocycles. The summed E-state index contributed by atoms with van der Waals surface area (Å²) in [7, 11) is -1.69. The standard InChI is InChI=1S/C12H26O3Si/c1-11(2,3)16(4,5)15-10-6-12(7-10,8-13)9-14/h10,13-14H,6-9H2,1-5H3. The van der Waals surface area contributed by atoms with Crippen molar-refractivity contribution in [1.82, 2.24) is 0 Å². The molecule has 2 N–H and O–H groups in total. The van der Waals surface area contributed by atoms with Crippen LogP contribution in [0.5, 0.6) is 0 Å². The average Bonchev–Trinajstić information content (AvgIpc) is 2.08. The van der Waals surface area contributed by atoms with E-state index in [-0.39, 0.29) is 29.8 Å². The average molecular weight is 246 g/mol. The molecule has 96 valence electrons. The molecule has 4 heteroatoms. The molecule has 0 amide bonds. The maximum absolute atomic E-state index is 9.21. The normalized spacial score (nSPS) is 21.9. The van der Waals surface area contributed by atoms with Crippen molar-refractivity contribution in [3.8, 4) is 0 Å². The molecule has 1 aliphatic carbocycles. The minimum absolute atomic E-state index is 0.0703. The molecule has 1 rings (SSSR count). The van der Waals surface area contributed by atoms with Crippen LogP contribution in [0.3, 0.4) is 0 Å². The number of hydrogen-bond acceptors (Lipinski definition) is 3. The Labute approximate surface area is 100.0 Å². The summed E-state index contributed by atoms with van der Waals surface area (Å²) in [6.07, 6.45) is 1.83. The van der Waals surface area contributed by atoms with Gasteiger partial charge < -0.3 is 14.6 Å². The smallest absolute Gasteiger partial charge is 0.192 e. The van der Waals surface area contributed by atoms with E-state index < -0.39 is 8.32 Å². The Bertz CT molecular complexity index is 233. The Kier molecular flexibility index (Phi) is 3.90. The van der Waals surface area contributed by atoms with Crippen molar-refractivity contribution in [3.05, 3.63) is 0 Å². The molecule has 16 heavy (non-hydrogen) atoms. The molecular formula is C12H26O3Si. The molecule has 1 aliphatic rings. The lowest BCUT2D eigenvalue weighted by Gasteiger charge is -2.50. The quantitative estimate of drug-likeness (QED) is 0.747. The van der Waals surface area contributed by atoms with Crippen molar-refractivity contribution < 1.29 is 14.6 Å². The van der Waals surface area contributed by atoms with Gasteiger partial charge in [0.2, 0.25) is 0 Å². The van der Waals surface area contributed by atoms with Crippen molar-refractivity contribution in [3.63, 3.8) is 0 Å². The molecule has 0 unspecified atom stereocenters. The zero-order valence-electron chi connectivity index (χ0n) is 11.2. The molecule has 1 saturated carbocycles. The highest BCUT2D eigenvalue weighted by Gasteiger charge is 2.48. The Morgan fingerprint density at radius 2 is 1.62 bits per heavy atom. The fraction of sp³-hybridized carbons (Fsp3) is 1.00. The van der Waals surface area contributed by atoms with E-state index in [2.05, 4.69) is 33.9 Å². The van der Waals surface area contributed by atoms with Gasteiger partial charge in [-0.3, -0.25) is 0 Å². The van der Waals surface area contributed by atoms with E-state index in [0.717, 1.165) is 12.8 Å². The van der Waals surface area contributed by atoms with Gasteiger partial charge in [0.1, 0.15) is 0 Å². The molecular weight excluding hydrogens is 220 g/mol. The van der Waals surface area contributed by atoms with Crippen LogP contribution in [-0.2, 0) is 4.43 Å². The van der Waals surface area contributed by atoms with Crippen LogP contribution in [0.2, 0.25) is 18.1 Å². The van der Waals surface area contributed by atoms with Gasteiger partial charge in [0.05, 0.1) is 13.2 Å². The van der Waals surface area contributed by atoms with E-state index in [9.17, 15) is 10.2 Å². The largest absolute Gasteiger partial charge is 0.414 e. The SMILES string of the molecule is CC(C)(C)[Si](C)(C)OC1CC(CO)(CO)C1. The van der Waals surface area contributed by atoms with Crippen molar-refractivity contribution in [2.24, 2.45) is 5.41 Å². The number of hydrogen-bond donors (Lipinski definition) is 2. The Morgan fingerprint density at radius 3 is 1.94 bits per heavy atom. The van der Waals surface area contributed by atoms with Gasteiger partial charge in [-0.1, -0.05) is 20.8 Å². The number of aliphatic hydroxyl groups is 2. The van der Waals surface area contributed by atoms with Gasteiger partial charge in [-0.2, -0.15) is 0 Å². The van der Waals surface area contributed by atoms with Crippen LogP contribution in [0.25, 0.3) is 0 Å². The second-order valence-electron chi connectivity index (χ2n) is 6.72. The minimum Gasteiger partial charge on any atom is -0.414 e. The highest BCUT2D eigenvalue weighted by Crippen LogP contribution is 2.46. The van der Waals surface area contributed by atoms with Gasteiger partial charge in [0, 0.05) is 11.5 Å². The van der Waals surface area contributed by atoms with E-state index in [1.54, 1.807) is 0 Å². The molecule has 0 radical (unpaired) electrons. The number of aliphatic hydroxyl groups excluding tert-OH is 2. The fourth-order valence-electron chi connectivity index (χ4n) is 1.89. The second-order valence-corrected chi connectivity index (χ2v) is 11.5. The Morgan fingerprint density at radius 1 is 1.19 bits per heavy atom. The molecule has 0 spiro atoms. The minimum atomic E-state index is -1.69. The molecule has 0 aromatic heterocycles. The van der Waals surface area contributed by atoms with Crippen molar-refractivity contribution in [2.75, 3.05) is 13.2 Å². The van der Waals surface area contributed by atoms with Gasteiger partial charge in [-0.15, -0.1) is 0 Å². The highest BCUT2D eigenvalue weighted by atomic mass is 28.4. The van der Waals surface area contributed by atoms with E-state index in [4.69, 9.17) is 4.43 Å². The van der Waals surface area contributed by atoms with Crippen molar-refractivity contribution in [2.45, 2.75) is 57.8 Å². The van der Waals surface area contributed by atoms with Crippen LogP contribution >= 0.6 is 0 Å². The first kappa shape index (κ1) is 14.2. The second kappa shape index (κ2) is 4.41. The summed E-state index contributed by atoms with van der Waals surface area (Å²) in [5, 5.41) is 18.6. The van der Waals surface area contributed by atoms with Gasteiger partial charge in [0.15, 0.2) is 8.32 Å². The van der Waals surface area contributed by atoms with Gasteiger partial charge in [-0.05, 0) is 31.0 Å². The summed E-state index contributed by atoms with van der Waals surface area (Å²) in [6, 6.07) is 0. The summed E-state index contributed by atoms with van der Waals surface area (Å²) in [6.45, 7) is 11.3. The van der Waals surface area contributed by atoms with Crippen LogP contribution in [0, 0.1) is 5.41 Å². The first-order valence-corrected chi connectivity index (χ1v) is 8.96. The Hall–Kier alpha value is 0.0969. The van der Waals surface area contributed by atoms with E-state index >= 15 is 0 Å². The van der Waals surface area contributed by atoms with Crippen LogP contribution in [0.4, 0.5) is 0 Å². The molecule has 3 nitrogen and oxygen atoms in total. The fourth-order valence-corrected chi connectivity index (χ4v) is 3.24. The first-order valence-electron chi connectivity index (χ1n) is 6.05. The summed E-state index contributed by atoms with van der Waals surface area (Å²) >= 11 is 0. The molecule has 1 fully saturated rings. The lowest BCUT2D eigenvalue weighted by atomic mass is 9.68. The Balaban J connectivity index is 2.49.